The molecule has 0 nitrogen and oxygen atoms in total. The van der Waals surface area contributed by atoms with E-state index in [4.69, 9.17) is 0 Å². The topological polar surface area (TPSA) is 0 Å². The molecule has 4 aromatic rings. The molecule has 0 N–H and O–H groups in total. The summed E-state index contributed by atoms with van der Waals surface area (Å²) in [5.74, 6) is 0.0968. The van der Waals surface area contributed by atoms with Crippen LogP contribution in [-0.2, 0) is 44.4 Å². The molecular weight excluding hydrogens is 901 g/mol. The van der Waals surface area contributed by atoms with Crippen LogP contribution in [0.1, 0.15) is 141 Å². The zero-order valence-electron chi connectivity index (χ0n) is 36.3. The zero-order chi connectivity index (χ0) is 42.8. The third-order valence-corrected chi connectivity index (χ3v) is 21.6. The first-order valence-electron chi connectivity index (χ1n) is 20.7. The Labute approximate surface area is 377 Å². The Hall–Kier alpha value is -3.25. The molecule has 61 heavy (non-hydrogen) atoms. The molecule has 0 spiro atoms. The van der Waals surface area contributed by atoms with Crippen LogP contribution >= 0.6 is 0 Å². The van der Waals surface area contributed by atoms with Gasteiger partial charge in [-0.1, -0.05) is 0 Å². The summed E-state index contributed by atoms with van der Waals surface area (Å²) in [6, 6.07) is 20.4. The fourth-order valence-corrected chi connectivity index (χ4v) is 19.9. The minimum atomic E-state index is -4.54. The van der Waals surface area contributed by atoms with Crippen molar-refractivity contribution in [2.45, 2.75) is 109 Å². The molecule has 4 aliphatic carbocycles. The van der Waals surface area contributed by atoms with E-state index < -0.39 is 44.7 Å². The van der Waals surface area contributed by atoms with Crippen LogP contribution in [0.5, 0.6) is 0 Å². The SMILES string of the molecule is CCCC1C=C(C(C)(C)C)C=[C]1[Zr+2](=[C](c1ccc(C(F)(F)F)cc1)c1ccc(C(F)(F)F)cc1)[CH]1c2cc3c(cc2-c2cc4c(cc21)C(C)(C)C=C4C)C(C)=CC3(C)C.[Cl-].[Cl-]. The first kappa shape index (κ1) is 47.2. The van der Waals surface area contributed by atoms with E-state index in [2.05, 4.69) is 118 Å². The summed E-state index contributed by atoms with van der Waals surface area (Å²) in [5.41, 5.74) is 12.6. The summed E-state index contributed by atoms with van der Waals surface area (Å²) in [5, 5.41) is 0. The molecule has 0 radical (unpaired) electrons. The fraction of sp³-hybridized carbons (Fsp3) is 0.365. The van der Waals surface area contributed by atoms with Crippen LogP contribution in [0.4, 0.5) is 26.3 Å². The first-order valence-corrected chi connectivity index (χ1v) is 24.6. The van der Waals surface area contributed by atoms with E-state index in [9.17, 15) is 26.3 Å². The van der Waals surface area contributed by atoms with Gasteiger partial charge in [-0.2, -0.15) is 0 Å². The van der Waals surface area contributed by atoms with E-state index >= 15 is 0 Å². The van der Waals surface area contributed by atoms with E-state index in [-0.39, 0.29) is 50.6 Å². The summed E-state index contributed by atoms with van der Waals surface area (Å²) in [4.78, 5) is 0. The van der Waals surface area contributed by atoms with Crippen molar-refractivity contribution in [2.75, 3.05) is 0 Å². The van der Waals surface area contributed by atoms with Crippen molar-refractivity contribution in [3.8, 4) is 11.1 Å². The molecule has 4 aromatic carbocycles. The van der Waals surface area contributed by atoms with Crippen LogP contribution in [-0.4, -0.2) is 3.21 Å². The van der Waals surface area contributed by atoms with Gasteiger partial charge in [0.2, 0.25) is 0 Å². The number of benzene rings is 4. The van der Waals surface area contributed by atoms with Gasteiger partial charge in [0.05, 0.1) is 0 Å². The third-order valence-electron chi connectivity index (χ3n) is 13.1. The molecule has 8 rings (SSSR count). The number of halogens is 8. The summed E-state index contributed by atoms with van der Waals surface area (Å²) in [7, 11) is 0. The summed E-state index contributed by atoms with van der Waals surface area (Å²) < 4.78 is 87.0. The number of fused-ring (bicyclic) bond motifs is 5. The van der Waals surface area contributed by atoms with Gasteiger partial charge in [-0.25, -0.2) is 0 Å². The maximum atomic E-state index is 14.1. The van der Waals surface area contributed by atoms with Gasteiger partial charge in [0.25, 0.3) is 0 Å². The van der Waals surface area contributed by atoms with Crippen molar-refractivity contribution < 1.29 is 72.4 Å². The molecule has 1 atom stereocenters. The number of rotatable bonds is 6. The number of allylic oxidation sites excluding steroid dienone is 8. The molecular formula is C52H52Cl2F6Zr. The van der Waals surface area contributed by atoms with Crippen LogP contribution in [0.2, 0.25) is 0 Å². The van der Waals surface area contributed by atoms with Crippen LogP contribution in [0, 0.1) is 11.3 Å². The second kappa shape index (κ2) is 16.1. The quantitative estimate of drug-likeness (QED) is 0.169. The Kier molecular flexibility index (Phi) is 12.4. The Bertz CT molecular complexity index is 2430. The molecule has 4 aliphatic rings. The largest absolute Gasteiger partial charge is 1.00 e. The predicted octanol–water partition coefficient (Wildman–Crippen LogP) is 9.36. The van der Waals surface area contributed by atoms with Crippen molar-refractivity contribution >= 4 is 14.4 Å². The van der Waals surface area contributed by atoms with Gasteiger partial charge in [0, 0.05) is 0 Å². The minimum absolute atomic E-state index is 0. The predicted molar refractivity (Wildman–Crippen MR) is 227 cm³/mol. The molecule has 0 fully saturated rings. The molecule has 0 aliphatic heterocycles. The van der Waals surface area contributed by atoms with Crippen molar-refractivity contribution in [1.82, 2.24) is 0 Å². The molecule has 0 saturated carbocycles. The van der Waals surface area contributed by atoms with Crippen molar-refractivity contribution in [1.29, 1.82) is 0 Å². The molecule has 0 saturated heterocycles. The maximum Gasteiger partial charge on any atom is -1.00 e. The van der Waals surface area contributed by atoms with Gasteiger partial charge < -0.3 is 24.8 Å². The summed E-state index contributed by atoms with van der Waals surface area (Å²) in [6.07, 6.45) is 2.22. The van der Waals surface area contributed by atoms with Crippen LogP contribution in [0.3, 0.4) is 0 Å². The summed E-state index contributed by atoms with van der Waals surface area (Å²) >= 11 is -3.69. The molecule has 0 bridgehead atoms. The second-order valence-electron chi connectivity index (χ2n) is 19.3. The van der Waals surface area contributed by atoms with Crippen molar-refractivity contribution in [2.24, 2.45) is 11.3 Å². The number of hydrogen-bond acceptors (Lipinski definition) is 0. The van der Waals surface area contributed by atoms with Crippen molar-refractivity contribution in [3.63, 3.8) is 0 Å². The average molecular weight is 953 g/mol. The molecule has 0 heterocycles. The molecule has 1 unspecified atom stereocenters. The Morgan fingerprint density at radius 1 is 0.623 bits per heavy atom. The smallest absolute Gasteiger partial charge is 1.00 e. The second-order valence-corrected chi connectivity index (χ2v) is 25.4. The molecule has 320 valence electrons. The minimum Gasteiger partial charge on any atom is -1.00 e. The van der Waals surface area contributed by atoms with E-state index in [0.717, 1.165) is 40.3 Å². The van der Waals surface area contributed by atoms with Crippen molar-refractivity contribution in [3.05, 3.63) is 162 Å². The van der Waals surface area contributed by atoms with Gasteiger partial charge in [0.15, 0.2) is 0 Å². The normalized spacial score (nSPS) is 18.3. The van der Waals surface area contributed by atoms with E-state index in [1.165, 1.54) is 64.5 Å². The number of hydrogen-bond donors (Lipinski definition) is 0. The monoisotopic (exact) mass is 950 g/mol. The zero-order valence-corrected chi connectivity index (χ0v) is 40.3. The number of alkyl halides is 6. The van der Waals surface area contributed by atoms with Crippen LogP contribution in [0.15, 0.2) is 106 Å². The van der Waals surface area contributed by atoms with Gasteiger partial charge in [-0.15, -0.1) is 0 Å². The van der Waals surface area contributed by atoms with Gasteiger partial charge in [0.1, 0.15) is 0 Å². The Morgan fingerprint density at radius 2 is 1.03 bits per heavy atom. The fourth-order valence-electron chi connectivity index (χ4n) is 10.3. The van der Waals surface area contributed by atoms with Gasteiger partial charge in [-0.05, 0) is 0 Å². The van der Waals surface area contributed by atoms with Crippen LogP contribution in [0.25, 0.3) is 22.3 Å². The van der Waals surface area contributed by atoms with Gasteiger partial charge >= 0.3 is 355 Å². The van der Waals surface area contributed by atoms with Crippen LogP contribution < -0.4 is 24.8 Å². The summed E-state index contributed by atoms with van der Waals surface area (Å²) in [6.45, 7) is 22.1. The first-order chi connectivity index (χ1) is 27.4. The Morgan fingerprint density at radius 3 is 1.39 bits per heavy atom. The molecule has 0 aromatic heterocycles. The van der Waals surface area contributed by atoms with E-state index in [1.54, 1.807) is 24.3 Å². The third kappa shape index (κ3) is 8.23. The van der Waals surface area contributed by atoms with E-state index in [0.29, 0.717) is 11.1 Å². The maximum absolute atomic E-state index is 14.1. The van der Waals surface area contributed by atoms with Gasteiger partial charge in [-0.3, -0.25) is 0 Å². The molecule has 9 heteroatoms. The van der Waals surface area contributed by atoms with E-state index in [1.807, 2.05) is 0 Å². The average Bonchev–Trinajstić information content (AvgIpc) is 3.83. The standard InChI is InChI=1S/C25H25.C15H8F6.C12H19.2ClH.Zr/c1-14-12-24(3,4)22-8-16-7-17-9-23-19(15(2)13-25(23,5)6)11-21(17)20(16)10-18(14)22;16-14(17,18)12-5-1-10(2-6-12)9-11-3-7-13(8-4-11)15(19,20)21;1-5-6-10-7-8-11(9-10)12(2,3)4;;;/h7-13H,1-6H3;1-8H;8-10H,5-6H2,1-4H3;2*1H;/q;;;;;+2/p-2. The molecule has 0 amide bonds. The Balaban J connectivity index is 0.00000311.